The fourth-order valence-electron chi connectivity index (χ4n) is 1.39. The average Bonchev–Trinajstić information content (AvgIpc) is 2.26. The van der Waals surface area contributed by atoms with Crippen LogP contribution < -0.4 is 0 Å². The van der Waals surface area contributed by atoms with Gasteiger partial charge in [0.2, 0.25) is 0 Å². The second-order valence-electron chi connectivity index (χ2n) is 5.00. The van der Waals surface area contributed by atoms with Gasteiger partial charge in [-0.25, -0.2) is 0 Å². The van der Waals surface area contributed by atoms with E-state index in [1.165, 1.54) is 20.3 Å². The molecule has 0 fully saturated rings. The third kappa shape index (κ3) is 19.8. The highest BCUT2D eigenvalue weighted by molar-refractivity contribution is 5.85. The molecule has 19 heavy (non-hydrogen) atoms. The van der Waals surface area contributed by atoms with Gasteiger partial charge in [0, 0.05) is 25.6 Å². The van der Waals surface area contributed by atoms with Crippen LogP contribution in [0.1, 0.15) is 68.2 Å². The summed E-state index contributed by atoms with van der Waals surface area (Å²) >= 11 is 0. The van der Waals surface area contributed by atoms with E-state index in [1.807, 2.05) is 13.8 Å². The van der Waals surface area contributed by atoms with Gasteiger partial charge in [-0.15, -0.1) is 0 Å². The molecule has 0 rings (SSSR count). The van der Waals surface area contributed by atoms with E-state index in [0.717, 1.165) is 25.6 Å². The zero-order valence-electron chi connectivity index (χ0n) is 12.9. The molecule has 116 valence electrons. The molecule has 3 heteroatoms. The van der Waals surface area contributed by atoms with Crippen molar-refractivity contribution in [3.05, 3.63) is 0 Å². The molecule has 0 aromatic rings. The molecule has 1 atom stereocenters. The van der Waals surface area contributed by atoms with Crippen LogP contribution in [0.4, 0.5) is 0 Å². The lowest BCUT2D eigenvalue weighted by molar-refractivity contribution is -0.125. The number of ketones is 2. The highest BCUT2D eigenvalue weighted by Crippen LogP contribution is 2.09. The van der Waals surface area contributed by atoms with Gasteiger partial charge in [0.25, 0.3) is 0 Å². The summed E-state index contributed by atoms with van der Waals surface area (Å²) < 4.78 is 5.14. The maximum Gasteiger partial charge on any atom is 0.133 e. The highest BCUT2D eigenvalue weighted by Gasteiger charge is 2.12. The molecule has 3 nitrogen and oxygen atoms in total. The topological polar surface area (TPSA) is 43.4 Å². The second kappa shape index (κ2) is 15.4. The number of rotatable bonds is 8. The van der Waals surface area contributed by atoms with E-state index in [4.69, 9.17) is 4.74 Å². The van der Waals surface area contributed by atoms with E-state index in [9.17, 15) is 9.59 Å². The molecule has 0 amide bonds. The zero-order chi connectivity index (χ0) is 14.6. The molecule has 0 aromatic heterocycles. The molecule has 0 aliphatic carbocycles. The van der Waals surface area contributed by atoms with Gasteiger partial charge in [0.1, 0.15) is 11.6 Å². The van der Waals surface area contributed by atoms with Gasteiger partial charge >= 0.3 is 0 Å². The normalized spacial score (nSPS) is 11.1. The quantitative estimate of drug-likeness (QED) is 0.620. The van der Waals surface area contributed by atoms with Crippen molar-refractivity contribution < 1.29 is 14.3 Å². The molecule has 0 spiro atoms. The summed E-state index contributed by atoms with van der Waals surface area (Å²) in [4.78, 5) is 21.3. The Kier molecular flexibility index (Phi) is 18.9. The average molecular weight is 274 g/mol. The Bertz CT molecular complexity index is 222. The van der Waals surface area contributed by atoms with Crippen LogP contribution in [-0.4, -0.2) is 24.8 Å². The molecule has 0 aliphatic heterocycles. The summed E-state index contributed by atoms with van der Waals surface area (Å²) in [5, 5.41) is 0. The summed E-state index contributed by atoms with van der Waals surface area (Å²) in [6.45, 7) is 13.2. The lowest BCUT2D eigenvalue weighted by Gasteiger charge is -2.06. The first kappa shape index (κ1) is 23.4. The predicted molar refractivity (Wildman–Crippen MR) is 82.4 cm³/mol. The van der Waals surface area contributed by atoms with Crippen LogP contribution in [0, 0.1) is 11.8 Å². The molecule has 0 bridgehead atoms. The SMILES string of the molecule is C.CCOCCC(C)C.CC[C@H](CC(C)=O)C(C)=O. The fraction of sp³-hybridized carbons (Fsp3) is 0.875. The standard InChI is InChI=1S/C8H14O2.C7H16O.CH4/c1-4-8(7(3)10)5-6(2)9;1-4-8-6-5-7(2)3;/h8H,4-5H2,1-3H3;7H,4-6H2,1-3H3;1H4/t8-;;/m1../s1. The van der Waals surface area contributed by atoms with Crippen molar-refractivity contribution in [2.45, 2.75) is 68.2 Å². The summed E-state index contributed by atoms with van der Waals surface area (Å²) in [5.41, 5.74) is 0. The lowest BCUT2D eigenvalue weighted by atomic mass is 9.96. The monoisotopic (exact) mass is 274 g/mol. The first-order valence-corrected chi connectivity index (χ1v) is 6.92. The third-order valence-electron chi connectivity index (χ3n) is 2.65. The van der Waals surface area contributed by atoms with E-state index in [-0.39, 0.29) is 24.9 Å². The molecule has 0 aromatic carbocycles. The first-order valence-electron chi connectivity index (χ1n) is 6.92. The largest absolute Gasteiger partial charge is 0.382 e. The van der Waals surface area contributed by atoms with Gasteiger partial charge in [-0.3, -0.25) is 4.79 Å². The summed E-state index contributed by atoms with van der Waals surface area (Å²) in [5.74, 6) is 0.957. The lowest BCUT2D eigenvalue weighted by Crippen LogP contribution is -2.12. The van der Waals surface area contributed by atoms with Crippen LogP contribution in [0.15, 0.2) is 0 Å². The van der Waals surface area contributed by atoms with Crippen molar-refractivity contribution >= 4 is 11.6 Å². The van der Waals surface area contributed by atoms with E-state index in [2.05, 4.69) is 13.8 Å². The first-order chi connectivity index (χ1) is 8.34. The van der Waals surface area contributed by atoms with E-state index < -0.39 is 0 Å². The van der Waals surface area contributed by atoms with Crippen LogP contribution >= 0.6 is 0 Å². The second-order valence-corrected chi connectivity index (χ2v) is 5.00. The van der Waals surface area contributed by atoms with Crippen molar-refractivity contribution in [1.82, 2.24) is 0 Å². The number of hydrogen-bond donors (Lipinski definition) is 0. The Hall–Kier alpha value is -0.700. The number of ether oxygens (including phenoxy) is 1. The minimum atomic E-state index is -0.0440. The maximum absolute atomic E-state index is 10.8. The minimum Gasteiger partial charge on any atom is -0.382 e. The van der Waals surface area contributed by atoms with Crippen LogP contribution in [0.3, 0.4) is 0 Å². The van der Waals surface area contributed by atoms with Crippen molar-refractivity contribution in [2.24, 2.45) is 11.8 Å². The van der Waals surface area contributed by atoms with Crippen LogP contribution in [0.25, 0.3) is 0 Å². The smallest absolute Gasteiger partial charge is 0.133 e. The van der Waals surface area contributed by atoms with Crippen molar-refractivity contribution in [2.75, 3.05) is 13.2 Å². The van der Waals surface area contributed by atoms with Gasteiger partial charge in [0.15, 0.2) is 0 Å². The Morgan fingerprint density at radius 1 is 1.11 bits per heavy atom. The van der Waals surface area contributed by atoms with Gasteiger partial charge in [-0.2, -0.15) is 0 Å². The molecule has 0 saturated heterocycles. The molecule has 0 N–H and O–H groups in total. The Morgan fingerprint density at radius 2 is 1.63 bits per heavy atom. The van der Waals surface area contributed by atoms with Gasteiger partial charge in [-0.1, -0.05) is 28.2 Å². The van der Waals surface area contributed by atoms with Gasteiger partial charge < -0.3 is 9.53 Å². The molecular weight excluding hydrogens is 240 g/mol. The molecule has 0 radical (unpaired) electrons. The van der Waals surface area contributed by atoms with Crippen LogP contribution in [0.2, 0.25) is 0 Å². The van der Waals surface area contributed by atoms with Crippen molar-refractivity contribution in [3.8, 4) is 0 Å². The molecule has 0 unspecified atom stereocenters. The summed E-state index contributed by atoms with van der Waals surface area (Å²) in [7, 11) is 0. The zero-order valence-corrected chi connectivity index (χ0v) is 12.9. The maximum atomic E-state index is 10.8. The minimum absolute atomic E-state index is 0. The number of hydrogen-bond acceptors (Lipinski definition) is 3. The van der Waals surface area contributed by atoms with E-state index >= 15 is 0 Å². The molecule has 0 aliphatic rings. The van der Waals surface area contributed by atoms with Gasteiger partial charge in [-0.05, 0) is 39.5 Å². The number of Topliss-reactive ketones (excluding diaryl/α,β-unsaturated/α-hetero) is 2. The van der Waals surface area contributed by atoms with Crippen LogP contribution in [0.5, 0.6) is 0 Å². The number of carbonyl (C=O) groups excluding carboxylic acids is 2. The Balaban J connectivity index is -0.000000262. The van der Waals surface area contributed by atoms with Crippen LogP contribution in [-0.2, 0) is 14.3 Å². The molecular formula is C16H34O3. The van der Waals surface area contributed by atoms with Crippen molar-refractivity contribution in [1.29, 1.82) is 0 Å². The van der Waals surface area contributed by atoms with Crippen molar-refractivity contribution in [3.63, 3.8) is 0 Å². The summed E-state index contributed by atoms with van der Waals surface area (Å²) in [6.07, 6.45) is 2.37. The van der Waals surface area contributed by atoms with Gasteiger partial charge in [0.05, 0.1) is 0 Å². The molecule has 0 saturated carbocycles. The van der Waals surface area contributed by atoms with E-state index in [1.54, 1.807) is 0 Å². The fourth-order valence-corrected chi connectivity index (χ4v) is 1.39. The summed E-state index contributed by atoms with van der Waals surface area (Å²) in [6, 6.07) is 0. The predicted octanol–water partition coefficient (Wildman–Crippen LogP) is 4.29. The highest BCUT2D eigenvalue weighted by atomic mass is 16.5. The van der Waals surface area contributed by atoms with E-state index in [0.29, 0.717) is 6.42 Å². The Morgan fingerprint density at radius 3 is 1.84 bits per heavy atom. The third-order valence-corrected chi connectivity index (χ3v) is 2.65. The Labute approximate surface area is 120 Å². The molecule has 0 heterocycles. The number of carbonyl (C=O) groups is 2.